The van der Waals surface area contributed by atoms with E-state index in [0.717, 1.165) is 4.88 Å². The van der Waals surface area contributed by atoms with Crippen molar-refractivity contribution in [3.8, 4) is 10.6 Å². The molecule has 5 heteroatoms. The van der Waals surface area contributed by atoms with Crippen LogP contribution >= 0.6 is 11.3 Å². The Labute approximate surface area is 90.3 Å². The Morgan fingerprint density at radius 1 is 1.47 bits per heavy atom. The zero-order valence-corrected chi connectivity index (χ0v) is 8.78. The lowest BCUT2D eigenvalue weighted by Crippen LogP contribution is -2.05. The maximum atomic E-state index is 10.8. The van der Waals surface area contributed by atoms with Crippen molar-refractivity contribution in [2.45, 2.75) is 6.92 Å². The first-order valence-electron chi connectivity index (χ1n) is 4.29. The summed E-state index contributed by atoms with van der Waals surface area (Å²) in [5.74, 6) is -1.25. The van der Waals surface area contributed by atoms with Gasteiger partial charge < -0.3 is 5.11 Å². The molecular weight excluding hydrogens is 212 g/mol. The largest absolute Gasteiger partial charge is 0.475 e. The number of hydrogen-bond donors (Lipinski definition) is 1. The standard InChI is InChI=1S/C10H8N2O2S/c1-6-5-7(8-3-2-4-15-8)12-9(11-6)10(13)14/h2-5H,1H3,(H,13,14). The Kier molecular flexibility index (Phi) is 2.47. The molecule has 0 spiro atoms. The third-order valence-corrected chi connectivity index (χ3v) is 2.71. The van der Waals surface area contributed by atoms with Gasteiger partial charge in [0.2, 0.25) is 5.82 Å². The highest BCUT2D eigenvalue weighted by Gasteiger charge is 2.10. The van der Waals surface area contributed by atoms with Crippen molar-refractivity contribution in [2.24, 2.45) is 0 Å². The minimum Gasteiger partial charge on any atom is -0.475 e. The van der Waals surface area contributed by atoms with Crippen LogP contribution in [-0.4, -0.2) is 21.0 Å². The zero-order valence-electron chi connectivity index (χ0n) is 7.97. The van der Waals surface area contributed by atoms with E-state index in [9.17, 15) is 4.79 Å². The topological polar surface area (TPSA) is 63.1 Å². The molecule has 0 bridgehead atoms. The predicted octanol–water partition coefficient (Wildman–Crippen LogP) is 2.21. The molecule has 4 nitrogen and oxygen atoms in total. The minimum atomic E-state index is -1.10. The van der Waals surface area contributed by atoms with Gasteiger partial charge in [-0.2, -0.15) is 0 Å². The maximum Gasteiger partial charge on any atom is 0.373 e. The summed E-state index contributed by atoms with van der Waals surface area (Å²) < 4.78 is 0. The van der Waals surface area contributed by atoms with E-state index >= 15 is 0 Å². The van der Waals surface area contributed by atoms with E-state index in [2.05, 4.69) is 9.97 Å². The molecule has 0 amide bonds. The van der Waals surface area contributed by atoms with Crippen LogP contribution in [0.2, 0.25) is 0 Å². The molecule has 0 aliphatic rings. The number of thiophene rings is 1. The quantitative estimate of drug-likeness (QED) is 0.842. The van der Waals surface area contributed by atoms with Crippen molar-refractivity contribution < 1.29 is 9.90 Å². The van der Waals surface area contributed by atoms with E-state index in [4.69, 9.17) is 5.11 Å². The molecule has 0 aliphatic carbocycles. The van der Waals surface area contributed by atoms with Gasteiger partial charge in [-0.15, -0.1) is 11.3 Å². The Hall–Kier alpha value is -1.75. The zero-order chi connectivity index (χ0) is 10.8. The van der Waals surface area contributed by atoms with Crippen molar-refractivity contribution in [3.05, 3.63) is 35.1 Å². The average Bonchev–Trinajstić information content (AvgIpc) is 2.69. The van der Waals surface area contributed by atoms with Crippen molar-refractivity contribution in [2.75, 3.05) is 0 Å². The van der Waals surface area contributed by atoms with E-state index < -0.39 is 5.97 Å². The van der Waals surface area contributed by atoms with E-state index in [-0.39, 0.29) is 5.82 Å². The van der Waals surface area contributed by atoms with Crippen LogP contribution in [0.1, 0.15) is 16.3 Å². The Morgan fingerprint density at radius 2 is 2.27 bits per heavy atom. The highest BCUT2D eigenvalue weighted by atomic mass is 32.1. The van der Waals surface area contributed by atoms with E-state index in [0.29, 0.717) is 11.4 Å². The Morgan fingerprint density at radius 3 is 2.87 bits per heavy atom. The van der Waals surface area contributed by atoms with Gasteiger partial charge in [0, 0.05) is 5.69 Å². The molecule has 0 fully saturated rings. The molecule has 2 aromatic rings. The Bertz CT molecular complexity index is 494. The highest BCUT2D eigenvalue weighted by Crippen LogP contribution is 2.22. The number of hydrogen-bond acceptors (Lipinski definition) is 4. The lowest BCUT2D eigenvalue weighted by atomic mass is 10.3. The van der Waals surface area contributed by atoms with Crippen molar-refractivity contribution in [3.63, 3.8) is 0 Å². The smallest absolute Gasteiger partial charge is 0.373 e. The lowest BCUT2D eigenvalue weighted by Gasteiger charge is -2.00. The number of aryl methyl sites for hydroxylation is 1. The van der Waals surface area contributed by atoms with Crippen LogP contribution in [-0.2, 0) is 0 Å². The molecular formula is C10H8N2O2S. The number of carboxylic acid groups (broad SMARTS) is 1. The molecule has 0 atom stereocenters. The second-order valence-electron chi connectivity index (χ2n) is 3.00. The molecule has 1 N–H and O–H groups in total. The SMILES string of the molecule is Cc1cc(-c2cccs2)nc(C(=O)O)n1. The lowest BCUT2D eigenvalue weighted by molar-refractivity contribution is 0.0683. The molecule has 0 radical (unpaired) electrons. The van der Waals surface area contributed by atoms with Gasteiger partial charge in [-0.05, 0) is 24.4 Å². The fourth-order valence-corrected chi connectivity index (χ4v) is 1.90. The van der Waals surface area contributed by atoms with Gasteiger partial charge in [-0.3, -0.25) is 0 Å². The van der Waals surface area contributed by atoms with Crippen LogP contribution in [0.4, 0.5) is 0 Å². The van der Waals surface area contributed by atoms with Crippen LogP contribution in [0.3, 0.4) is 0 Å². The molecule has 15 heavy (non-hydrogen) atoms. The molecule has 2 heterocycles. The van der Waals surface area contributed by atoms with Gasteiger partial charge in [0.15, 0.2) is 0 Å². The van der Waals surface area contributed by atoms with Crippen molar-refractivity contribution >= 4 is 17.3 Å². The minimum absolute atomic E-state index is 0.154. The summed E-state index contributed by atoms with van der Waals surface area (Å²) in [6, 6.07) is 5.58. The van der Waals surface area contributed by atoms with Gasteiger partial charge in [0.05, 0.1) is 10.6 Å². The average molecular weight is 220 g/mol. The summed E-state index contributed by atoms with van der Waals surface area (Å²) >= 11 is 1.52. The first kappa shape index (κ1) is 9.79. The highest BCUT2D eigenvalue weighted by molar-refractivity contribution is 7.13. The third kappa shape index (κ3) is 2.02. The van der Waals surface area contributed by atoms with Gasteiger partial charge in [-0.1, -0.05) is 6.07 Å². The molecule has 0 saturated carbocycles. The molecule has 0 aromatic carbocycles. The third-order valence-electron chi connectivity index (χ3n) is 1.82. The van der Waals surface area contributed by atoms with E-state index in [1.54, 1.807) is 13.0 Å². The maximum absolute atomic E-state index is 10.8. The van der Waals surface area contributed by atoms with Gasteiger partial charge >= 0.3 is 5.97 Å². The molecule has 2 rings (SSSR count). The molecule has 0 aliphatic heterocycles. The van der Waals surface area contributed by atoms with Crippen LogP contribution in [0.5, 0.6) is 0 Å². The summed E-state index contributed by atoms with van der Waals surface area (Å²) in [5.41, 5.74) is 1.32. The fraction of sp³-hybridized carbons (Fsp3) is 0.100. The van der Waals surface area contributed by atoms with E-state index in [1.165, 1.54) is 11.3 Å². The molecule has 0 saturated heterocycles. The van der Waals surface area contributed by atoms with Crippen LogP contribution in [0.25, 0.3) is 10.6 Å². The normalized spacial score (nSPS) is 10.2. The predicted molar refractivity (Wildman–Crippen MR) is 57.0 cm³/mol. The van der Waals surface area contributed by atoms with Crippen LogP contribution in [0, 0.1) is 6.92 Å². The first-order valence-corrected chi connectivity index (χ1v) is 5.17. The molecule has 76 valence electrons. The first-order chi connectivity index (χ1) is 7.16. The summed E-state index contributed by atoms with van der Waals surface area (Å²) in [6.07, 6.45) is 0. The van der Waals surface area contributed by atoms with Gasteiger partial charge in [0.1, 0.15) is 0 Å². The van der Waals surface area contributed by atoms with E-state index in [1.807, 2.05) is 17.5 Å². The van der Waals surface area contributed by atoms with Crippen LogP contribution < -0.4 is 0 Å². The summed E-state index contributed by atoms with van der Waals surface area (Å²) in [7, 11) is 0. The number of aromatic carboxylic acids is 1. The number of carboxylic acids is 1. The summed E-state index contributed by atoms with van der Waals surface area (Å²) in [5, 5.41) is 10.7. The summed E-state index contributed by atoms with van der Waals surface area (Å²) in [6.45, 7) is 1.76. The van der Waals surface area contributed by atoms with Crippen molar-refractivity contribution in [1.82, 2.24) is 9.97 Å². The number of carbonyl (C=O) groups is 1. The second-order valence-corrected chi connectivity index (χ2v) is 3.95. The molecule has 2 aromatic heterocycles. The van der Waals surface area contributed by atoms with Gasteiger partial charge in [0.25, 0.3) is 0 Å². The van der Waals surface area contributed by atoms with Crippen molar-refractivity contribution in [1.29, 1.82) is 0 Å². The number of rotatable bonds is 2. The number of nitrogens with zero attached hydrogens (tertiary/aromatic N) is 2. The number of aromatic nitrogens is 2. The second kappa shape index (κ2) is 3.78. The Balaban J connectivity index is 2.54. The molecule has 0 unspecified atom stereocenters. The van der Waals surface area contributed by atoms with Crippen LogP contribution in [0.15, 0.2) is 23.6 Å². The van der Waals surface area contributed by atoms with Gasteiger partial charge in [-0.25, -0.2) is 14.8 Å². The summed E-state index contributed by atoms with van der Waals surface area (Å²) in [4.78, 5) is 19.5. The fourth-order valence-electron chi connectivity index (χ4n) is 1.21. The monoisotopic (exact) mass is 220 g/mol.